The molecule has 2 N–H and O–H groups in total. The summed E-state index contributed by atoms with van der Waals surface area (Å²) in [7, 11) is 0. The van der Waals surface area contributed by atoms with Crippen LogP contribution in [0.1, 0.15) is 16.1 Å². The maximum Gasteiger partial charge on any atom is 0.191 e. The second-order valence-electron chi connectivity index (χ2n) is 4.64. The number of aromatic nitrogens is 2. The molecule has 0 bridgehead atoms. The lowest BCUT2D eigenvalue weighted by molar-refractivity contribution is 0.0990. The number of rotatable bonds is 4. The summed E-state index contributed by atoms with van der Waals surface area (Å²) in [5.41, 5.74) is 8.70. The zero-order valence-electron chi connectivity index (χ0n) is 11.2. The first-order valence-corrected chi connectivity index (χ1v) is 6.49. The van der Waals surface area contributed by atoms with Crippen molar-refractivity contribution in [1.29, 1.82) is 0 Å². The molecular formula is C16H13N3O2. The third kappa shape index (κ3) is 2.81. The summed E-state index contributed by atoms with van der Waals surface area (Å²) in [6.45, 7) is 0. The summed E-state index contributed by atoms with van der Waals surface area (Å²) in [5, 5.41) is 7.07. The highest BCUT2D eigenvalue weighted by Crippen LogP contribution is 2.20. The first-order chi connectivity index (χ1) is 10.2. The first kappa shape index (κ1) is 13.1. The van der Waals surface area contributed by atoms with Crippen molar-refractivity contribution in [2.75, 3.05) is 5.73 Å². The molecule has 1 aromatic heterocycles. The molecule has 3 aromatic rings. The topological polar surface area (TPSA) is 82.0 Å². The molecule has 21 heavy (non-hydrogen) atoms. The van der Waals surface area contributed by atoms with Gasteiger partial charge in [-0.2, -0.15) is 0 Å². The molecule has 0 aliphatic rings. The predicted octanol–water partition coefficient (Wildman–Crippen LogP) is 2.74. The van der Waals surface area contributed by atoms with Gasteiger partial charge in [-0.1, -0.05) is 59.8 Å². The molecule has 5 heteroatoms. The number of anilines is 1. The van der Waals surface area contributed by atoms with Gasteiger partial charge in [0.05, 0.1) is 6.42 Å². The van der Waals surface area contributed by atoms with Gasteiger partial charge < -0.3 is 5.73 Å². The number of carbonyl (C=O) groups is 1. The summed E-state index contributed by atoms with van der Waals surface area (Å²) >= 11 is 0. The van der Waals surface area contributed by atoms with Crippen LogP contribution in [0.3, 0.4) is 0 Å². The van der Waals surface area contributed by atoms with E-state index in [4.69, 9.17) is 5.73 Å². The number of ketones is 1. The van der Waals surface area contributed by atoms with Crippen molar-refractivity contribution in [1.82, 2.24) is 10.3 Å². The van der Waals surface area contributed by atoms with Gasteiger partial charge in [0.2, 0.25) is 0 Å². The van der Waals surface area contributed by atoms with E-state index in [1.807, 2.05) is 42.5 Å². The number of hydrogen-bond acceptors (Lipinski definition) is 5. The predicted molar refractivity (Wildman–Crippen MR) is 78.6 cm³/mol. The average Bonchev–Trinajstić information content (AvgIpc) is 2.93. The van der Waals surface area contributed by atoms with Crippen molar-refractivity contribution in [3.63, 3.8) is 0 Å². The Kier molecular flexibility index (Phi) is 3.47. The van der Waals surface area contributed by atoms with Crippen molar-refractivity contribution in [3.05, 3.63) is 65.9 Å². The molecule has 0 saturated heterocycles. The van der Waals surface area contributed by atoms with E-state index < -0.39 is 0 Å². The lowest BCUT2D eigenvalue weighted by Crippen LogP contribution is -2.05. The Labute approximate surface area is 121 Å². The van der Waals surface area contributed by atoms with Crippen LogP contribution in [-0.2, 0) is 6.42 Å². The third-order valence-electron chi connectivity index (χ3n) is 3.23. The second kappa shape index (κ2) is 5.58. The van der Waals surface area contributed by atoms with Gasteiger partial charge in [-0.25, -0.2) is 4.63 Å². The van der Waals surface area contributed by atoms with E-state index in [0.29, 0.717) is 11.3 Å². The largest absolute Gasteiger partial charge is 0.379 e. The van der Waals surface area contributed by atoms with Crippen molar-refractivity contribution in [2.24, 2.45) is 0 Å². The van der Waals surface area contributed by atoms with Crippen LogP contribution in [0.4, 0.5) is 5.82 Å². The highest BCUT2D eigenvalue weighted by molar-refractivity contribution is 5.98. The normalized spacial score (nSPS) is 10.5. The highest BCUT2D eigenvalue weighted by Gasteiger charge is 2.13. The molecule has 0 saturated carbocycles. The van der Waals surface area contributed by atoms with Crippen LogP contribution in [0.25, 0.3) is 11.1 Å². The highest BCUT2D eigenvalue weighted by atomic mass is 16.6. The molecule has 3 rings (SSSR count). The van der Waals surface area contributed by atoms with Gasteiger partial charge in [-0.3, -0.25) is 4.79 Å². The molecule has 0 spiro atoms. The van der Waals surface area contributed by atoms with Crippen LogP contribution < -0.4 is 5.73 Å². The summed E-state index contributed by atoms with van der Waals surface area (Å²) in [6.07, 6.45) is 0.0834. The van der Waals surface area contributed by atoms with E-state index in [1.54, 1.807) is 12.1 Å². The molecule has 0 unspecified atom stereocenters. The molecule has 5 nitrogen and oxygen atoms in total. The fourth-order valence-corrected chi connectivity index (χ4v) is 2.07. The molecule has 0 amide bonds. The van der Waals surface area contributed by atoms with Crippen molar-refractivity contribution in [2.45, 2.75) is 6.42 Å². The van der Waals surface area contributed by atoms with Crippen molar-refractivity contribution in [3.8, 4) is 11.1 Å². The number of Topliss-reactive ketones (excluding diaryl/α,β-unsaturated/α-hetero) is 1. The SMILES string of the molecule is Nc1nonc1CC(=O)c1ccc(-c2ccccc2)cc1. The number of nitrogen functional groups attached to an aromatic ring is 1. The maximum absolute atomic E-state index is 12.1. The van der Waals surface area contributed by atoms with Crippen molar-refractivity contribution >= 4 is 11.6 Å². The molecule has 0 aliphatic carbocycles. The number of benzene rings is 2. The molecule has 0 atom stereocenters. The Bertz CT molecular complexity index is 749. The maximum atomic E-state index is 12.1. The number of hydrogen-bond donors (Lipinski definition) is 1. The fourth-order valence-electron chi connectivity index (χ4n) is 2.07. The first-order valence-electron chi connectivity index (χ1n) is 6.49. The lowest BCUT2D eigenvalue weighted by Gasteiger charge is -2.03. The molecule has 0 fully saturated rings. The summed E-state index contributed by atoms with van der Waals surface area (Å²) in [5.74, 6) is 0.0845. The van der Waals surface area contributed by atoms with E-state index in [1.165, 1.54) is 0 Å². The minimum Gasteiger partial charge on any atom is -0.379 e. The minimum atomic E-state index is -0.0722. The van der Waals surface area contributed by atoms with Gasteiger partial charge in [-0.05, 0) is 16.3 Å². The van der Waals surface area contributed by atoms with Gasteiger partial charge in [0, 0.05) is 5.56 Å². The van der Waals surface area contributed by atoms with Crippen LogP contribution >= 0.6 is 0 Å². The van der Waals surface area contributed by atoms with Crippen LogP contribution in [0, 0.1) is 0 Å². The van der Waals surface area contributed by atoms with Gasteiger partial charge >= 0.3 is 0 Å². The van der Waals surface area contributed by atoms with Crippen LogP contribution in [0.5, 0.6) is 0 Å². The van der Waals surface area contributed by atoms with E-state index in [2.05, 4.69) is 14.9 Å². The van der Waals surface area contributed by atoms with Crippen LogP contribution in [-0.4, -0.2) is 16.1 Å². The minimum absolute atomic E-state index is 0.0722. The summed E-state index contributed by atoms with van der Waals surface area (Å²) in [4.78, 5) is 12.1. The van der Waals surface area contributed by atoms with E-state index in [9.17, 15) is 4.79 Å². The molecule has 104 valence electrons. The van der Waals surface area contributed by atoms with Gasteiger partial charge in [0.25, 0.3) is 0 Å². The third-order valence-corrected chi connectivity index (χ3v) is 3.23. The Morgan fingerprint density at radius 2 is 1.62 bits per heavy atom. The Morgan fingerprint density at radius 3 is 2.24 bits per heavy atom. The van der Waals surface area contributed by atoms with E-state index >= 15 is 0 Å². The Morgan fingerprint density at radius 1 is 0.952 bits per heavy atom. The number of nitrogens with two attached hydrogens (primary N) is 1. The molecular weight excluding hydrogens is 266 g/mol. The number of nitrogens with zero attached hydrogens (tertiary/aromatic N) is 2. The second-order valence-corrected chi connectivity index (χ2v) is 4.64. The van der Waals surface area contributed by atoms with Crippen molar-refractivity contribution < 1.29 is 9.42 Å². The number of carbonyl (C=O) groups excluding carboxylic acids is 1. The zero-order valence-corrected chi connectivity index (χ0v) is 11.2. The van der Waals surface area contributed by atoms with Gasteiger partial charge in [-0.15, -0.1) is 0 Å². The zero-order chi connectivity index (χ0) is 14.7. The van der Waals surface area contributed by atoms with Gasteiger partial charge in [0.15, 0.2) is 11.6 Å². The van der Waals surface area contributed by atoms with Crippen LogP contribution in [0.2, 0.25) is 0 Å². The molecule has 1 heterocycles. The van der Waals surface area contributed by atoms with E-state index in [0.717, 1.165) is 11.1 Å². The Hall–Kier alpha value is -2.95. The monoisotopic (exact) mass is 279 g/mol. The quantitative estimate of drug-likeness (QED) is 0.742. The Balaban J connectivity index is 1.78. The van der Waals surface area contributed by atoms with E-state index in [-0.39, 0.29) is 18.0 Å². The summed E-state index contributed by atoms with van der Waals surface area (Å²) < 4.78 is 4.48. The lowest BCUT2D eigenvalue weighted by atomic mass is 10.0. The van der Waals surface area contributed by atoms with Crippen LogP contribution in [0.15, 0.2) is 59.2 Å². The standard InChI is InChI=1S/C16H13N3O2/c17-16-14(18-21-19-16)10-15(20)13-8-6-12(7-9-13)11-4-2-1-3-5-11/h1-9H,10H2,(H2,17,19). The smallest absolute Gasteiger partial charge is 0.191 e. The summed E-state index contributed by atoms with van der Waals surface area (Å²) in [6, 6.07) is 17.4. The molecule has 0 aliphatic heterocycles. The molecule has 0 radical (unpaired) electrons. The van der Waals surface area contributed by atoms with Gasteiger partial charge in [0.1, 0.15) is 5.69 Å². The fraction of sp³-hybridized carbons (Fsp3) is 0.0625. The molecule has 2 aromatic carbocycles. The average molecular weight is 279 g/mol.